The van der Waals surface area contributed by atoms with Crippen LogP contribution in [0.2, 0.25) is 0 Å². The van der Waals surface area contributed by atoms with Gasteiger partial charge in [0.05, 0.1) is 29.3 Å². The third-order valence-electron chi connectivity index (χ3n) is 4.43. The molecule has 0 bridgehead atoms. The molecule has 0 saturated heterocycles. The zero-order valence-electron chi connectivity index (χ0n) is 14.6. The van der Waals surface area contributed by atoms with Crippen LogP contribution in [0, 0.1) is 17.1 Å². The Bertz CT molecular complexity index is 932. The standard InChI is InChI=1S/C20H16FN3O3/c1-13(24-19(26)14-7-2-3-8-15(14)20(24)27)18(25)23(12-6-11-22)17-10-5-4-9-16(17)21/h2-5,7-10,13H,6,12H2,1H3. The predicted molar refractivity (Wildman–Crippen MR) is 95.4 cm³/mol. The predicted octanol–water partition coefficient (Wildman–Crippen LogP) is 2.76. The van der Waals surface area contributed by atoms with Gasteiger partial charge in [0.15, 0.2) is 0 Å². The molecule has 0 fully saturated rings. The molecule has 7 heteroatoms. The number of amides is 3. The summed E-state index contributed by atoms with van der Waals surface area (Å²) >= 11 is 0. The molecule has 0 aromatic heterocycles. The molecule has 1 atom stereocenters. The SMILES string of the molecule is CC(C(=O)N(CCC#N)c1ccccc1F)N1C(=O)c2ccccc2C1=O. The summed E-state index contributed by atoms with van der Waals surface area (Å²) in [6.07, 6.45) is -0.0189. The number of para-hydroxylation sites is 1. The lowest BCUT2D eigenvalue weighted by Crippen LogP contribution is -2.50. The normalized spacial score (nSPS) is 13.9. The zero-order chi connectivity index (χ0) is 19.6. The van der Waals surface area contributed by atoms with Gasteiger partial charge in [-0.15, -0.1) is 0 Å². The van der Waals surface area contributed by atoms with E-state index in [2.05, 4.69) is 0 Å². The molecule has 2 aromatic carbocycles. The number of carbonyl (C=O) groups excluding carboxylic acids is 3. The van der Waals surface area contributed by atoms with Crippen LogP contribution < -0.4 is 4.90 Å². The second-order valence-corrected chi connectivity index (χ2v) is 6.05. The molecular formula is C20H16FN3O3. The number of rotatable bonds is 5. The lowest BCUT2D eigenvalue weighted by Gasteiger charge is -2.29. The average Bonchev–Trinajstić information content (AvgIpc) is 2.93. The minimum Gasteiger partial charge on any atom is -0.307 e. The second kappa shape index (κ2) is 7.38. The number of nitrogens with zero attached hydrogens (tertiary/aromatic N) is 3. The molecule has 1 unspecified atom stereocenters. The lowest BCUT2D eigenvalue weighted by atomic mass is 10.1. The van der Waals surface area contributed by atoms with Crippen molar-refractivity contribution in [2.45, 2.75) is 19.4 Å². The van der Waals surface area contributed by atoms with Gasteiger partial charge >= 0.3 is 0 Å². The van der Waals surface area contributed by atoms with E-state index in [1.807, 2.05) is 6.07 Å². The Labute approximate surface area is 155 Å². The number of imide groups is 1. The number of hydrogen-bond donors (Lipinski definition) is 0. The first-order valence-corrected chi connectivity index (χ1v) is 8.37. The number of anilines is 1. The molecule has 1 aliphatic heterocycles. The van der Waals surface area contributed by atoms with Gasteiger partial charge in [-0.2, -0.15) is 5.26 Å². The van der Waals surface area contributed by atoms with Gasteiger partial charge in [-0.1, -0.05) is 24.3 Å². The summed E-state index contributed by atoms with van der Waals surface area (Å²) in [5.41, 5.74) is 0.467. The Morgan fingerprint density at radius 2 is 1.67 bits per heavy atom. The van der Waals surface area contributed by atoms with E-state index in [-0.39, 0.29) is 29.8 Å². The third-order valence-corrected chi connectivity index (χ3v) is 4.43. The Morgan fingerprint density at radius 1 is 1.11 bits per heavy atom. The van der Waals surface area contributed by atoms with Crippen LogP contribution in [0.3, 0.4) is 0 Å². The number of nitriles is 1. The van der Waals surface area contributed by atoms with Crippen molar-refractivity contribution in [2.24, 2.45) is 0 Å². The van der Waals surface area contributed by atoms with Crippen LogP contribution >= 0.6 is 0 Å². The van der Waals surface area contributed by atoms with Gasteiger partial charge in [-0.3, -0.25) is 19.3 Å². The van der Waals surface area contributed by atoms with Crippen LogP contribution in [0.25, 0.3) is 0 Å². The zero-order valence-corrected chi connectivity index (χ0v) is 14.6. The molecule has 1 heterocycles. The van der Waals surface area contributed by atoms with Crippen molar-refractivity contribution in [3.8, 4) is 6.07 Å². The Kier molecular flexibility index (Phi) is 4.99. The van der Waals surface area contributed by atoms with Gasteiger partial charge < -0.3 is 4.90 Å². The first kappa shape index (κ1) is 18.3. The van der Waals surface area contributed by atoms with E-state index in [4.69, 9.17) is 5.26 Å². The highest BCUT2D eigenvalue weighted by molar-refractivity contribution is 6.23. The van der Waals surface area contributed by atoms with Crippen molar-refractivity contribution in [2.75, 3.05) is 11.4 Å². The van der Waals surface area contributed by atoms with Crippen molar-refractivity contribution in [3.05, 3.63) is 65.5 Å². The van der Waals surface area contributed by atoms with Gasteiger partial charge in [0, 0.05) is 6.54 Å². The van der Waals surface area contributed by atoms with Crippen molar-refractivity contribution in [1.82, 2.24) is 4.90 Å². The Hall–Kier alpha value is -3.53. The highest BCUT2D eigenvalue weighted by Gasteiger charge is 2.42. The molecule has 0 saturated carbocycles. The van der Waals surface area contributed by atoms with E-state index < -0.39 is 29.6 Å². The molecule has 1 aliphatic rings. The van der Waals surface area contributed by atoms with Crippen LogP contribution in [0.4, 0.5) is 10.1 Å². The van der Waals surface area contributed by atoms with E-state index in [9.17, 15) is 18.8 Å². The van der Waals surface area contributed by atoms with Crippen LogP contribution in [0.1, 0.15) is 34.1 Å². The van der Waals surface area contributed by atoms with Crippen molar-refractivity contribution in [3.63, 3.8) is 0 Å². The van der Waals surface area contributed by atoms with Crippen LogP contribution in [-0.2, 0) is 4.79 Å². The molecule has 6 nitrogen and oxygen atoms in total. The number of hydrogen-bond acceptors (Lipinski definition) is 4. The monoisotopic (exact) mass is 365 g/mol. The first-order chi connectivity index (χ1) is 13.0. The van der Waals surface area contributed by atoms with E-state index in [0.29, 0.717) is 0 Å². The fraction of sp³-hybridized carbons (Fsp3) is 0.200. The summed E-state index contributed by atoms with van der Waals surface area (Å²) in [6.45, 7) is 1.37. The molecule has 136 valence electrons. The molecule has 2 aromatic rings. The quantitative estimate of drug-likeness (QED) is 0.763. The number of carbonyl (C=O) groups is 3. The molecule has 3 amide bonds. The number of benzene rings is 2. The van der Waals surface area contributed by atoms with Gasteiger partial charge in [0.25, 0.3) is 11.8 Å². The Balaban J connectivity index is 1.93. The van der Waals surface area contributed by atoms with Gasteiger partial charge in [0.1, 0.15) is 11.9 Å². The van der Waals surface area contributed by atoms with E-state index in [1.165, 1.54) is 37.3 Å². The fourth-order valence-electron chi connectivity index (χ4n) is 3.08. The van der Waals surface area contributed by atoms with E-state index >= 15 is 0 Å². The summed E-state index contributed by atoms with van der Waals surface area (Å²) in [4.78, 5) is 40.2. The first-order valence-electron chi connectivity index (χ1n) is 8.37. The summed E-state index contributed by atoms with van der Waals surface area (Å²) < 4.78 is 14.2. The summed E-state index contributed by atoms with van der Waals surface area (Å²) in [6, 6.07) is 12.8. The summed E-state index contributed by atoms with van der Waals surface area (Å²) in [5.74, 6) is -2.39. The topological polar surface area (TPSA) is 81.5 Å². The summed E-state index contributed by atoms with van der Waals surface area (Å²) in [7, 11) is 0. The summed E-state index contributed by atoms with van der Waals surface area (Å²) in [5, 5.41) is 8.87. The Morgan fingerprint density at radius 3 is 2.22 bits per heavy atom. The van der Waals surface area contributed by atoms with Crippen molar-refractivity contribution in [1.29, 1.82) is 5.26 Å². The maximum absolute atomic E-state index is 14.2. The fourth-order valence-corrected chi connectivity index (χ4v) is 3.08. The molecular weight excluding hydrogens is 349 g/mol. The number of fused-ring (bicyclic) bond motifs is 1. The van der Waals surface area contributed by atoms with Crippen LogP contribution in [0.15, 0.2) is 48.5 Å². The molecule has 0 aliphatic carbocycles. The smallest absolute Gasteiger partial charge is 0.262 e. The maximum atomic E-state index is 14.2. The van der Waals surface area contributed by atoms with Crippen LogP contribution in [-0.4, -0.2) is 35.2 Å². The molecule has 3 rings (SSSR count). The minimum absolute atomic E-state index is 0.00112. The molecule has 0 N–H and O–H groups in total. The van der Waals surface area contributed by atoms with E-state index in [0.717, 1.165) is 9.80 Å². The highest BCUT2D eigenvalue weighted by Crippen LogP contribution is 2.27. The van der Waals surface area contributed by atoms with Crippen molar-refractivity contribution >= 4 is 23.4 Å². The second-order valence-electron chi connectivity index (χ2n) is 6.05. The van der Waals surface area contributed by atoms with Crippen LogP contribution in [0.5, 0.6) is 0 Å². The van der Waals surface area contributed by atoms with Gasteiger partial charge in [-0.05, 0) is 31.2 Å². The van der Waals surface area contributed by atoms with Gasteiger partial charge in [0.2, 0.25) is 5.91 Å². The van der Waals surface area contributed by atoms with Crippen molar-refractivity contribution < 1.29 is 18.8 Å². The highest BCUT2D eigenvalue weighted by atomic mass is 19.1. The third kappa shape index (κ3) is 3.17. The van der Waals surface area contributed by atoms with Gasteiger partial charge in [-0.25, -0.2) is 4.39 Å². The average molecular weight is 365 g/mol. The van der Waals surface area contributed by atoms with E-state index in [1.54, 1.807) is 18.2 Å². The molecule has 0 radical (unpaired) electrons. The minimum atomic E-state index is -1.14. The number of halogens is 1. The molecule has 27 heavy (non-hydrogen) atoms. The lowest BCUT2D eigenvalue weighted by molar-refractivity contribution is -0.122. The maximum Gasteiger partial charge on any atom is 0.262 e. The largest absolute Gasteiger partial charge is 0.307 e. The molecule has 0 spiro atoms.